The molecule has 1 heterocycles. The van der Waals surface area contributed by atoms with Gasteiger partial charge in [0.25, 0.3) is 0 Å². The van der Waals surface area contributed by atoms with E-state index in [-0.39, 0.29) is 33.3 Å². The highest BCUT2D eigenvalue weighted by atomic mass is 127. The molecule has 2 atom stereocenters. The second-order valence-electron chi connectivity index (χ2n) is 6.87. The van der Waals surface area contributed by atoms with E-state index in [0.29, 0.717) is 0 Å². The molecule has 1 saturated heterocycles. The summed E-state index contributed by atoms with van der Waals surface area (Å²) in [6, 6.07) is -0.854. The van der Waals surface area contributed by atoms with Gasteiger partial charge in [-0.25, -0.2) is 0 Å². The Morgan fingerprint density at radius 2 is 1.87 bits per heavy atom. The molecule has 0 bridgehead atoms. The number of Topliss-reactive ketones (excluding diaryl/α,β-unsaturated/α-hetero) is 1. The number of hydrogen-bond acceptors (Lipinski definition) is 5. The number of likely N-dealkylation sites (tertiary alicyclic amines) is 1. The summed E-state index contributed by atoms with van der Waals surface area (Å²) in [6.45, 7) is 9.46. The summed E-state index contributed by atoms with van der Waals surface area (Å²) < 4.78 is -0.0688. The molecule has 1 aliphatic heterocycles. The first kappa shape index (κ1) is 20.9. The molecular formula is C16H27IN2O3S. The van der Waals surface area contributed by atoms with E-state index in [0.717, 1.165) is 17.7 Å². The fraction of sp³-hybridized carbons (Fsp3) is 0.812. The number of imide groups is 1. The number of nitrogens with zero attached hydrogens (tertiary/aromatic N) is 1. The molecule has 1 aliphatic rings. The summed E-state index contributed by atoms with van der Waals surface area (Å²) in [5.41, 5.74) is 5.08. The van der Waals surface area contributed by atoms with Crippen LogP contribution >= 0.6 is 34.4 Å². The Hall–Kier alpha value is -0.150. The summed E-state index contributed by atoms with van der Waals surface area (Å²) in [5.74, 6) is -0.721. The number of carbonyl (C=O) groups is 3. The lowest BCUT2D eigenvalue weighted by molar-refractivity contribution is -0.148. The standard InChI is InChI=1S/C16H27IN2O3S/c1-6-16(17,7-2)23-11-8-12(20)19(14(11)22)10(9-18)13(21)15(3,4)5/h10-11H,6-9,18H2,1-5H3. The molecule has 0 aromatic carbocycles. The highest BCUT2D eigenvalue weighted by Gasteiger charge is 2.48. The molecule has 23 heavy (non-hydrogen) atoms. The molecule has 1 fully saturated rings. The van der Waals surface area contributed by atoms with Gasteiger partial charge in [0.15, 0.2) is 5.78 Å². The first-order valence-corrected chi connectivity index (χ1v) is 9.93. The number of halogens is 1. The molecule has 0 saturated carbocycles. The largest absolute Gasteiger partial charge is 0.328 e. The van der Waals surface area contributed by atoms with Gasteiger partial charge >= 0.3 is 0 Å². The van der Waals surface area contributed by atoms with E-state index in [2.05, 4.69) is 36.4 Å². The zero-order valence-electron chi connectivity index (χ0n) is 14.5. The third-order valence-corrected chi connectivity index (χ3v) is 8.07. The number of alkyl halides is 1. The van der Waals surface area contributed by atoms with Gasteiger partial charge in [-0.05, 0) is 12.8 Å². The van der Waals surface area contributed by atoms with Gasteiger partial charge in [-0.3, -0.25) is 19.3 Å². The van der Waals surface area contributed by atoms with Crippen LogP contribution in [0.2, 0.25) is 0 Å². The summed E-state index contributed by atoms with van der Waals surface area (Å²) in [7, 11) is 0. The van der Waals surface area contributed by atoms with Crippen LogP contribution in [0, 0.1) is 5.41 Å². The Bertz CT molecular complexity index is 486. The van der Waals surface area contributed by atoms with Crippen molar-refractivity contribution in [3.05, 3.63) is 0 Å². The maximum absolute atomic E-state index is 12.7. The predicted molar refractivity (Wildman–Crippen MR) is 102 cm³/mol. The lowest BCUT2D eigenvalue weighted by Gasteiger charge is -2.30. The number of carbonyl (C=O) groups excluding carboxylic acids is 3. The first-order valence-electron chi connectivity index (χ1n) is 7.97. The van der Waals surface area contributed by atoms with Crippen LogP contribution in [-0.2, 0) is 14.4 Å². The minimum Gasteiger partial charge on any atom is -0.328 e. The van der Waals surface area contributed by atoms with Crippen molar-refractivity contribution >= 4 is 52.0 Å². The van der Waals surface area contributed by atoms with E-state index in [4.69, 9.17) is 5.73 Å². The van der Waals surface area contributed by atoms with Crippen molar-refractivity contribution in [1.82, 2.24) is 4.90 Å². The van der Waals surface area contributed by atoms with Crippen molar-refractivity contribution in [3.8, 4) is 0 Å². The fourth-order valence-corrected chi connectivity index (χ4v) is 4.75. The van der Waals surface area contributed by atoms with Crippen LogP contribution in [-0.4, -0.2) is 43.1 Å². The van der Waals surface area contributed by atoms with E-state index in [9.17, 15) is 14.4 Å². The zero-order valence-corrected chi connectivity index (χ0v) is 17.5. The Morgan fingerprint density at radius 1 is 1.35 bits per heavy atom. The van der Waals surface area contributed by atoms with Gasteiger partial charge in [0.2, 0.25) is 11.8 Å². The van der Waals surface area contributed by atoms with Crippen molar-refractivity contribution in [2.45, 2.75) is 67.9 Å². The first-order chi connectivity index (χ1) is 10.5. The SMILES string of the molecule is CCC(I)(CC)SC1CC(=O)N(C(CN)C(=O)C(C)(C)C)C1=O. The second kappa shape index (κ2) is 7.82. The average molecular weight is 454 g/mol. The van der Waals surface area contributed by atoms with Crippen LogP contribution in [0.5, 0.6) is 0 Å². The molecule has 0 aliphatic carbocycles. The van der Waals surface area contributed by atoms with Gasteiger partial charge in [0, 0.05) is 18.4 Å². The van der Waals surface area contributed by atoms with Gasteiger partial charge < -0.3 is 5.73 Å². The van der Waals surface area contributed by atoms with Crippen molar-refractivity contribution in [2.75, 3.05) is 6.54 Å². The number of rotatable bonds is 7. The monoisotopic (exact) mass is 454 g/mol. The molecule has 0 aromatic heterocycles. The smallest absolute Gasteiger partial charge is 0.243 e. The number of ketones is 1. The Kier molecular flexibility index (Phi) is 7.10. The van der Waals surface area contributed by atoms with Crippen LogP contribution in [0.25, 0.3) is 0 Å². The maximum Gasteiger partial charge on any atom is 0.243 e. The van der Waals surface area contributed by atoms with Crippen LogP contribution in [0.3, 0.4) is 0 Å². The Labute approximate surface area is 156 Å². The molecule has 7 heteroatoms. The van der Waals surface area contributed by atoms with Crippen LogP contribution in [0.1, 0.15) is 53.9 Å². The second-order valence-corrected chi connectivity index (χ2v) is 11.3. The third-order valence-electron chi connectivity index (χ3n) is 4.13. The highest BCUT2D eigenvalue weighted by molar-refractivity contribution is 14.1. The Morgan fingerprint density at radius 3 is 2.26 bits per heavy atom. The number of nitrogens with two attached hydrogens (primary N) is 1. The molecule has 2 N–H and O–H groups in total. The number of hydrogen-bond donors (Lipinski definition) is 1. The zero-order chi connectivity index (χ0) is 18.0. The van der Waals surface area contributed by atoms with Crippen molar-refractivity contribution < 1.29 is 14.4 Å². The van der Waals surface area contributed by atoms with E-state index < -0.39 is 16.7 Å². The molecule has 0 aromatic rings. The quantitative estimate of drug-likeness (QED) is 0.364. The molecule has 5 nitrogen and oxygen atoms in total. The molecule has 0 spiro atoms. The molecule has 132 valence electrons. The van der Waals surface area contributed by atoms with Crippen LogP contribution in [0.15, 0.2) is 0 Å². The minimum absolute atomic E-state index is 0.0259. The fourth-order valence-electron chi connectivity index (χ4n) is 2.54. The average Bonchev–Trinajstić information content (AvgIpc) is 2.74. The third kappa shape index (κ3) is 4.69. The molecular weight excluding hydrogens is 427 g/mol. The topological polar surface area (TPSA) is 80.5 Å². The lowest BCUT2D eigenvalue weighted by Crippen LogP contribution is -2.52. The van der Waals surface area contributed by atoms with E-state index >= 15 is 0 Å². The molecule has 2 unspecified atom stereocenters. The van der Waals surface area contributed by atoms with E-state index in [1.807, 2.05) is 0 Å². The van der Waals surface area contributed by atoms with Crippen molar-refractivity contribution in [1.29, 1.82) is 0 Å². The van der Waals surface area contributed by atoms with Gasteiger partial charge in [-0.2, -0.15) is 0 Å². The van der Waals surface area contributed by atoms with Gasteiger partial charge in [0.05, 0.1) is 8.00 Å². The molecule has 2 amide bonds. The predicted octanol–water partition coefficient (Wildman–Crippen LogP) is 2.74. The lowest BCUT2D eigenvalue weighted by atomic mass is 9.86. The molecule has 1 rings (SSSR count). The van der Waals surface area contributed by atoms with E-state index in [1.165, 1.54) is 11.8 Å². The van der Waals surface area contributed by atoms with Crippen molar-refractivity contribution in [3.63, 3.8) is 0 Å². The summed E-state index contributed by atoms with van der Waals surface area (Å²) >= 11 is 3.90. The van der Waals surface area contributed by atoms with Gasteiger partial charge in [0.1, 0.15) is 6.04 Å². The van der Waals surface area contributed by atoms with Gasteiger partial charge in [-0.15, -0.1) is 11.8 Å². The summed E-state index contributed by atoms with van der Waals surface area (Å²) in [4.78, 5) is 38.8. The van der Waals surface area contributed by atoms with Crippen molar-refractivity contribution in [2.24, 2.45) is 11.1 Å². The van der Waals surface area contributed by atoms with Gasteiger partial charge in [-0.1, -0.05) is 57.2 Å². The van der Waals surface area contributed by atoms with Crippen LogP contribution in [0.4, 0.5) is 0 Å². The summed E-state index contributed by atoms with van der Waals surface area (Å²) in [5, 5.41) is -0.416. The summed E-state index contributed by atoms with van der Waals surface area (Å²) in [6.07, 6.45) is 1.98. The Balaban J connectivity index is 3.00. The van der Waals surface area contributed by atoms with E-state index in [1.54, 1.807) is 20.8 Å². The normalized spacial score (nSPS) is 21.0. The maximum atomic E-state index is 12.7. The minimum atomic E-state index is -0.854. The van der Waals surface area contributed by atoms with Crippen LogP contribution < -0.4 is 5.73 Å². The number of thioether (sulfide) groups is 1. The highest BCUT2D eigenvalue weighted by Crippen LogP contribution is 2.45. The molecule has 0 radical (unpaired) electrons. The number of amides is 2.